The maximum absolute atomic E-state index is 10.3. The molecule has 0 bridgehead atoms. The molecule has 3 nitrogen and oxygen atoms in total. The van der Waals surface area contributed by atoms with Crippen LogP contribution in [0.4, 0.5) is 0 Å². The summed E-state index contributed by atoms with van der Waals surface area (Å²) in [5.41, 5.74) is 0. The topological polar surface area (TPSA) is 44.6 Å². The number of carbonyl (C=O) groups is 1. The normalized spacial score (nSPS) is 10.9. The van der Waals surface area contributed by atoms with Gasteiger partial charge in [-0.1, -0.05) is 26.7 Å². The molecular formula is C13H27NO2. The molecule has 0 saturated heterocycles. The Labute approximate surface area is 99.8 Å². The van der Waals surface area contributed by atoms with Crippen molar-refractivity contribution in [2.45, 2.75) is 58.8 Å². The van der Waals surface area contributed by atoms with Gasteiger partial charge >= 0.3 is 0 Å². The third kappa shape index (κ3) is 9.97. The van der Waals surface area contributed by atoms with Crippen molar-refractivity contribution < 1.29 is 14.8 Å². The highest BCUT2D eigenvalue weighted by atomic mass is 16.4. The minimum absolute atomic E-state index is 0.217. The van der Waals surface area contributed by atoms with Gasteiger partial charge in [0.25, 0.3) is 0 Å². The molecule has 0 aliphatic heterocycles. The van der Waals surface area contributed by atoms with Gasteiger partial charge in [-0.05, 0) is 32.1 Å². The molecule has 0 spiro atoms. The van der Waals surface area contributed by atoms with Gasteiger partial charge in [-0.15, -0.1) is 0 Å². The first kappa shape index (κ1) is 15.4. The van der Waals surface area contributed by atoms with Crippen LogP contribution >= 0.6 is 0 Å². The lowest BCUT2D eigenvalue weighted by atomic mass is 10.2. The molecule has 0 saturated carbocycles. The summed E-state index contributed by atoms with van der Waals surface area (Å²) in [6, 6.07) is 0. The molecule has 0 aromatic carbocycles. The molecule has 0 atom stereocenters. The molecule has 0 rings (SSSR count). The van der Waals surface area contributed by atoms with Crippen LogP contribution in [0, 0.1) is 0 Å². The Balaban J connectivity index is 3.59. The molecular weight excluding hydrogens is 202 g/mol. The minimum Gasteiger partial charge on any atom is -0.550 e. The number of hydrogen-bond donors (Lipinski definition) is 1. The molecule has 0 unspecified atom stereocenters. The van der Waals surface area contributed by atoms with Crippen molar-refractivity contribution in [2.75, 3.05) is 19.6 Å². The Morgan fingerprint density at radius 1 is 0.938 bits per heavy atom. The van der Waals surface area contributed by atoms with Gasteiger partial charge in [0.15, 0.2) is 0 Å². The monoisotopic (exact) mass is 229 g/mol. The molecule has 0 radical (unpaired) electrons. The summed E-state index contributed by atoms with van der Waals surface area (Å²) in [4.78, 5) is 11.9. The zero-order valence-electron chi connectivity index (χ0n) is 10.9. The van der Waals surface area contributed by atoms with Gasteiger partial charge in [0, 0.05) is 5.97 Å². The first-order chi connectivity index (χ1) is 7.70. The Morgan fingerprint density at radius 3 is 1.88 bits per heavy atom. The van der Waals surface area contributed by atoms with Crippen molar-refractivity contribution in [3.63, 3.8) is 0 Å². The minimum atomic E-state index is -0.913. The summed E-state index contributed by atoms with van der Waals surface area (Å²) in [6.07, 6.45) is 7.04. The number of rotatable bonds is 11. The Bertz CT molecular complexity index is 163. The highest BCUT2D eigenvalue weighted by Crippen LogP contribution is 1.91. The smallest absolute Gasteiger partial charge is 0.0771 e. The van der Waals surface area contributed by atoms with E-state index in [-0.39, 0.29) is 6.42 Å². The van der Waals surface area contributed by atoms with Crippen LogP contribution in [0.2, 0.25) is 0 Å². The number of unbranched alkanes of at least 4 members (excludes halogenated alkanes) is 3. The number of nitrogens with one attached hydrogen (secondary N) is 1. The molecule has 0 fully saturated rings. The summed E-state index contributed by atoms with van der Waals surface area (Å²) in [7, 11) is 0. The van der Waals surface area contributed by atoms with Gasteiger partial charge in [-0.25, -0.2) is 0 Å². The summed E-state index contributed by atoms with van der Waals surface area (Å²) >= 11 is 0. The van der Waals surface area contributed by atoms with E-state index in [4.69, 9.17) is 0 Å². The van der Waals surface area contributed by atoms with E-state index in [0.29, 0.717) is 0 Å². The van der Waals surface area contributed by atoms with Gasteiger partial charge in [0.2, 0.25) is 0 Å². The lowest BCUT2D eigenvalue weighted by Gasteiger charge is -2.19. The molecule has 0 aromatic heterocycles. The fraction of sp³-hybridized carbons (Fsp3) is 0.923. The maximum Gasteiger partial charge on any atom is 0.0771 e. The van der Waals surface area contributed by atoms with Crippen LogP contribution in [0.15, 0.2) is 0 Å². The van der Waals surface area contributed by atoms with Crippen molar-refractivity contribution in [1.29, 1.82) is 0 Å². The van der Waals surface area contributed by atoms with Crippen LogP contribution < -0.4 is 10.0 Å². The van der Waals surface area contributed by atoms with E-state index >= 15 is 0 Å². The third-order valence-electron chi connectivity index (χ3n) is 2.93. The van der Waals surface area contributed by atoms with Crippen LogP contribution in [0.1, 0.15) is 58.8 Å². The SMILES string of the molecule is CCCC[NH+](CCCC)CCCCC(=O)[O-]. The first-order valence-corrected chi connectivity index (χ1v) is 6.74. The fourth-order valence-electron chi connectivity index (χ4n) is 1.87. The molecule has 0 heterocycles. The molecule has 0 aliphatic rings. The van der Waals surface area contributed by atoms with Crippen molar-refractivity contribution in [1.82, 2.24) is 0 Å². The number of carboxylic acid groups (broad SMARTS) is 1. The standard InChI is InChI=1S/C13H27NO2/c1-3-5-10-14(11-6-4-2)12-8-7-9-13(15)16/h3-12H2,1-2H3,(H,15,16). The van der Waals surface area contributed by atoms with Crippen LogP contribution in [0.25, 0.3) is 0 Å². The van der Waals surface area contributed by atoms with Gasteiger partial charge < -0.3 is 14.8 Å². The maximum atomic E-state index is 10.3. The van der Waals surface area contributed by atoms with E-state index in [1.807, 2.05) is 0 Å². The van der Waals surface area contributed by atoms with Gasteiger partial charge in [-0.2, -0.15) is 0 Å². The van der Waals surface area contributed by atoms with Crippen LogP contribution in [-0.4, -0.2) is 25.6 Å². The second-order valence-corrected chi connectivity index (χ2v) is 4.54. The summed E-state index contributed by atoms with van der Waals surface area (Å²) in [5.74, 6) is -0.913. The Hall–Kier alpha value is -0.570. The van der Waals surface area contributed by atoms with Gasteiger partial charge in [0.1, 0.15) is 0 Å². The second-order valence-electron chi connectivity index (χ2n) is 4.54. The van der Waals surface area contributed by atoms with Crippen LogP contribution in [0.5, 0.6) is 0 Å². The molecule has 0 aliphatic carbocycles. The van der Waals surface area contributed by atoms with E-state index < -0.39 is 5.97 Å². The lowest BCUT2D eigenvalue weighted by molar-refractivity contribution is -0.900. The average Bonchev–Trinajstić information content (AvgIpc) is 2.26. The fourth-order valence-corrected chi connectivity index (χ4v) is 1.87. The van der Waals surface area contributed by atoms with Gasteiger partial charge in [-0.3, -0.25) is 0 Å². The Kier molecular flexibility index (Phi) is 10.5. The van der Waals surface area contributed by atoms with Crippen molar-refractivity contribution >= 4 is 5.97 Å². The van der Waals surface area contributed by atoms with E-state index in [1.54, 1.807) is 4.90 Å². The van der Waals surface area contributed by atoms with E-state index in [0.717, 1.165) is 19.4 Å². The van der Waals surface area contributed by atoms with E-state index in [9.17, 15) is 9.90 Å². The molecule has 0 aromatic rings. The molecule has 1 N–H and O–H groups in total. The zero-order chi connectivity index (χ0) is 12.2. The van der Waals surface area contributed by atoms with Crippen molar-refractivity contribution in [3.8, 4) is 0 Å². The van der Waals surface area contributed by atoms with Crippen molar-refractivity contribution in [3.05, 3.63) is 0 Å². The zero-order valence-corrected chi connectivity index (χ0v) is 10.9. The van der Waals surface area contributed by atoms with Gasteiger partial charge in [0.05, 0.1) is 19.6 Å². The van der Waals surface area contributed by atoms with Crippen LogP contribution in [-0.2, 0) is 4.79 Å². The molecule has 3 heteroatoms. The highest BCUT2D eigenvalue weighted by Gasteiger charge is 2.06. The second kappa shape index (κ2) is 10.9. The predicted octanol–water partition coefficient (Wildman–Crippen LogP) is 0.392. The average molecular weight is 229 g/mol. The number of aliphatic carboxylic acids is 1. The highest BCUT2D eigenvalue weighted by molar-refractivity contribution is 5.63. The summed E-state index contributed by atoms with van der Waals surface area (Å²) in [5, 5.41) is 10.3. The number of quaternary nitrogens is 1. The number of hydrogen-bond acceptors (Lipinski definition) is 2. The third-order valence-corrected chi connectivity index (χ3v) is 2.93. The number of carboxylic acids is 1. The van der Waals surface area contributed by atoms with Crippen LogP contribution in [0.3, 0.4) is 0 Å². The lowest BCUT2D eigenvalue weighted by Crippen LogP contribution is -3.12. The number of carbonyl (C=O) groups excluding carboxylic acids is 1. The summed E-state index contributed by atoms with van der Waals surface area (Å²) in [6.45, 7) is 8.03. The summed E-state index contributed by atoms with van der Waals surface area (Å²) < 4.78 is 0. The largest absolute Gasteiger partial charge is 0.550 e. The predicted molar refractivity (Wildman–Crippen MR) is 64.2 cm³/mol. The first-order valence-electron chi connectivity index (χ1n) is 6.74. The van der Waals surface area contributed by atoms with E-state index in [2.05, 4.69) is 13.8 Å². The van der Waals surface area contributed by atoms with Crippen molar-refractivity contribution in [2.24, 2.45) is 0 Å². The molecule has 96 valence electrons. The molecule has 16 heavy (non-hydrogen) atoms. The van der Waals surface area contributed by atoms with E-state index in [1.165, 1.54) is 38.8 Å². The quantitative estimate of drug-likeness (QED) is 0.521. The Morgan fingerprint density at radius 2 is 1.44 bits per heavy atom. The molecule has 0 amide bonds.